The zero-order chi connectivity index (χ0) is 29.1. The SMILES string of the molecule is C=N/C=C(\c1cccc(NC)c1)C(F)(F)F.CC=O.COc1cc(NC2CCNCC2)ccc1NC/N=C/N. The smallest absolute Gasteiger partial charge is 0.418 e. The fourth-order valence-corrected chi connectivity index (χ4v) is 3.56. The Bertz CT molecular complexity index is 1070. The topological polar surface area (TPSA) is 125 Å². The molecule has 0 radical (unpaired) electrons. The van der Waals surface area contributed by atoms with Crippen molar-refractivity contribution in [3.63, 3.8) is 0 Å². The van der Waals surface area contributed by atoms with Crippen molar-refractivity contribution < 1.29 is 22.7 Å². The van der Waals surface area contributed by atoms with Gasteiger partial charge in [0.05, 0.1) is 24.7 Å². The summed E-state index contributed by atoms with van der Waals surface area (Å²) < 4.78 is 43.4. The first-order valence-corrected chi connectivity index (χ1v) is 12.2. The molecule has 3 rings (SSSR count). The number of allylic oxidation sites excluding steroid dienone is 1. The summed E-state index contributed by atoms with van der Waals surface area (Å²) in [7, 11) is 3.31. The summed E-state index contributed by atoms with van der Waals surface area (Å²) in [6, 6.07) is 12.6. The molecule has 9 nitrogen and oxygen atoms in total. The Kier molecular flexibility index (Phi) is 15.4. The van der Waals surface area contributed by atoms with E-state index >= 15 is 0 Å². The van der Waals surface area contributed by atoms with Gasteiger partial charge in [-0.1, -0.05) is 12.1 Å². The molecular formula is C27H38F3N7O2. The molecule has 12 heteroatoms. The average molecular weight is 550 g/mol. The lowest BCUT2D eigenvalue weighted by molar-refractivity contribution is -0.106. The summed E-state index contributed by atoms with van der Waals surface area (Å²) in [6.45, 7) is 7.07. The van der Waals surface area contributed by atoms with Gasteiger partial charge in [-0.2, -0.15) is 13.2 Å². The second-order valence-electron chi connectivity index (χ2n) is 8.04. The van der Waals surface area contributed by atoms with E-state index in [0.717, 1.165) is 55.5 Å². The van der Waals surface area contributed by atoms with E-state index in [2.05, 4.69) is 44.0 Å². The van der Waals surface area contributed by atoms with Gasteiger partial charge >= 0.3 is 6.18 Å². The molecule has 0 aliphatic carbocycles. The number of nitrogens with one attached hydrogen (secondary N) is 4. The summed E-state index contributed by atoms with van der Waals surface area (Å²) in [4.78, 5) is 15.9. The van der Waals surface area contributed by atoms with Crippen LogP contribution < -0.4 is 31.7 Å². The third kappa shape index (κ3) is 12.4. The minimum absolute atomic E-state index is 0.0618. The van der Waals surface area contributed by atoms with E-state index < -0.39 is 11.7 Å². The first-order valence-electron chi connectivity index (χ1n) is 12.2. The van der Waals surface area contributed by atoms with Crippen molar-refractivity contribution in [2.75, 3.05) is 49.9 Å². The zero-order valence-corrected chi connectivity index (χ0v) is 22.5. The van der Waals surface area contributed by atoms with Gasteiger partial charge in [0.1, 0.15) is 18.7 Å². The summed E-state index contributed by atoms with van der Waals surface area (Å²) in [6.07, 6.45) is 0.607. The number of rotatable bonds is 9. The zero-order valence-electron chi connectivity index (χ0n) is 22.5. The van der Waals surface area contributed by atoms with Crippen molar-refractivity contribution in [3.8, 4) is 5.75 Å². The lowest BCUT2D eigenvalue weighted by Crippen LogP contribution is -2.35. The second-order valence-corrected chi connectivity index (χ2v) is 8.04. The summed E-state index contributed by atoms with van der Waals surface area (Å²) in [5, 5.41) is 12.8. The van der Waals surface area contributed by atoms with Gasteiger partial charge in [-0.15, -0.1) is 0 Å². The Labute approximate surface area is 227 Å². The van der Waals surface area contributed by atoms with Crippen molar-refractivity contribution in [2.45, 2.75) is 32.0 Å². The van der Waals surface area contributed by atoms with Crippen LogP contribution in [0.25, 0.3) is 5.57 Å². The fourth-order valence-electron chi connectivity index (χ4n) is 3.56. The highest BCUT2D eigenvalue weighted by Gasteiger charge is 2.34. The molecule has 0 amide bonds. The molecule has 0 bridgehead atoms. The van der Waals surface area contributed by atoms with E-state index in [1.807, 2.05) is 12.1 Å². The van der Waals surface area contributed by atoms with Gasteiger partial charge in [-0.05, 0) is 69.4 Å². The van der Waals surface area contributed by atoms with Crippen LogP contribution in [0.15, 0.2) is 58.6 Å². The maximum absolute atomic E-state index is 12.7. The van der Waals surface area contributed by atoms with E-state index in [-0.39, 0.29) is 5.56 Å². The van der Waals surface area contributed by atoms with Gasteiger partial charge in [0, 0.05) is 36.7 Å². The number of ether oxygens (including phenoxy) is 1. The van der Waals surface area contributed by atoms with Gasteiger partial charge in [0.15, 0.2) is 0 Å². The van der Waals surface area contributed by atoms with Crippen molar-refractivity contribution >= 4 is 42.0 Å². The number of carbonyl (C=O) groups excluding carboxylic acids is 1. The monoisotopic (exact) mass is 549 g/mol. The standard InChI is InChI=1S/C14H23N5O.C11H11F3N2.C2H4O/c1-20-14-8-12(19-11-4-6-16-7-5-11)2-3-13(14)18-10-17-9-15;1-15-7-10(11(12,13)14)8-4-3-5-9(6-8)16-2;1-2-3/h2-3,8-9,11,16,18-19H,4-7,10H2,1H3,(H2,15,17);3-7,16H,1H2,2H3;2H,1H3/b;10-7+;. The third-order valence-electron chi connectivity index (χ3n) is 5.37. The van der Waals surface area contributed by atoms with E-state index in [0.29, 0.717) is 18.4 Å². The first-order chi connectivity index (χ1) is 18.7. The van der Waals surface area contributed by atoms with E-state index in [4.69, 9.17) is 15.3 Å². The van der Waals surface area contributed by atoms with Crippen molar-refractivity contribution in [3.05, 3.63) is 54.2 Å². The number of nitrogens with zero attached hydrogens (tertiary/aromatic N) is 2. The molecule has 1 heterocycles. The van der Waals surface area contributed by atoms with Gasteiger partial charge in [-0.3, -0.25) is 9.98 Å². The van der Waals surface area contributed by atoms with Gasteiger partial charge in [0.2, 0.25) is 0 Å². The first kappa shape index (κ1) is 33.0. The molecular weight excluding hydrogens is 511 g/mol. The van der Waals surface area contributed by atoms with Crippen molar-refractivity contribution in [1.82, 2.24) is 5.32 Å². The highest BCUT2D eigenvalue weighted by atomic mass is 19.4. The van der Waals surface area contributed by atoms with Crippen LogP contribution in [0.5, 0.6) is 5.75 Å². The summed E-state index contributed by atoms with van der Waals surface area (Å²) >= 11 is 0. The highest BCUT2D eigenvalue weighted by molar-refractivity contribution is 5.72. The van der Waals surface area contributed by atoms with Gasteiger partial charge in [-0.25, -0.2) is 0 Å². The number of methoxy groups -OCH3 is 1. The predicted molar refractivity (Wildman–Crippen MR) is 155 cm³/mol. The van der Waals surface area contributed by atoms with Crippen LogP contribution in [-0.4, -0.2) is 65.5 Å². The second kappa shape index (κ2) is 18.2. The predicted octanol–water partition coefficient (Wildman–Crippen LogP) is 4.75. The van der Waals surface area contributed by atoms with E-state index in [1.54, 1.807) is 26.3 Å². The minimum Gasteiger partial charge on any atom is -0.495 e. The number of halogens is 3. The molecule has 214 valence electrons. The number of aldehydes is 1. The van der Waals surface area contributed by atoms with Crippen molar-refractivity contribution in [2.24, 2.45) is 15.7 Å². The molecule has 6 N–H and O–H groups in total. The van der Waals surface area contributed by atoms with E-state index in [9.17, 15) is 13.2 Å². The largest absolute Gasteiger partial charge is 0.495 e. The number of anilines is 3. The van der Waals surface area contributed by atoms with Crippen LogP contribution >= 0.6 is 0 Å². The summed E-state index contributed by atoms with van der Waals surface area (Å²) in [5.41, 5.74) is 7.07. The number of hydrogen-bond donors (Lipinski definition) is 5. The quantitative estimate of drug-likeness (QED) is 0.174. The normalized spacial score (nSPS) is 13.7. The molecule has 0 aromatic heterocycles. The number of alkyl halides is 3. The molecule has 1 fully saturated rings. The van der Waals surface area contributed by atoms with Crippen LogP contribution in [0.2, 0.25) is 0 Å². The minimum atomic E-state index is -4.44. The summed E-state index contributed by atoms with van der Waals surface area (Å²) in [5.74, 6) is 0.802. The lowest BCUT2D eigenvalue weighted by Gasteiger charge is -2.25. The Balaban J connectivity index is 0.000000362. The van der Waals surface area contributed by atoms with Crippen molar-refractivity contribution in [1.29, 1.82) is 0 Å². The van der Waals surface area contributed by atoms with Gasteiger partial charge < -0.3 is 36.5 Å². The molecule has 1 saturated heterocycles. The Morgan fingerprint density at radius 2 is 1.90 bits per heavy atom. The van der Waals surface area contributed by atoms with Crippen LogP contribution in [0.3, 0.4) is 0 Å². The van der Waals surface area contributed by atoms with Crippen LogP contribution in [0.1, 0.15) is 25.3 Å². The highest BCUT2D eigenvalue weighted by Crippen LogP contribution is 2.34. The molecule has 1 aliphatic heterocycles. The fraction of sp³-hybridized carbons (Fsp3) is 0.370. The maximum Gasteiger partial charge on any atom is 0.418 e. The molecule has 0 unspecified atom stereocenters. The number of piperidine rings is 1. The molecule has 2 aromatic rings. The maximum atomic E-state index is 12.7. The van der Waals surface area contributed by atoms with Gasteiger partial charge in [0.25, 0.3) is 0 Å². The number of benzene rings is 2. The molecule has 0 saturated carbocycles. The molecule has 2 aromatic carbocycles. The Morgan fingerprint density at radius 3 is 2.46 bits per heavy atom. The number of hydrogen-bond acceptors (Lipinski definition) is 8. The van der Waals surface area contributed by atoms with Crippen LogP contribution in [-0.2, 0) is 4.79 Å². The van der Waals surface area contributed by atoms with E-state index in [1.165, 1.54) is 25.4 Å². The third-order valence-corrected chi connectivity index (χ3v) is 5.37. The molecule has 39 heavy (non-hydrogen) atoms. The van der Waals surface area contributed by atoms with Crippen LogP contribution in [0.4, 0.5) is 30.2 Å². The molecule has 0 atom stereocenters. The lowest BCUT2D eigenvalue weighted by atomic mass is 10.1. The number of carbonyl (C=O) groups is 1. The number of aliphatic imine (C=N–C) groups is 2. The molecule has 0 spiro atoms. The number of nitrogens with two attached hydrogens (primary N) is 1. The Hall–Kier alpha value is -4.06. The Morgan fingerprint density at radius 1 is 1.21 bits per heavy atom. The van der Waals surface area contributed by atoms with Crippen LogP contribution in [0, 0.1) is 0 Å². The average Bonchev–Trinajstić information content (AvgIpc) is 2.93. The molecule has 1 aliphatic rings.